The molecule has 0 aliphatic heterocycles. The summed E-state index contributed by atoms with van der Waals surface area (Å²) in [6.07, 6.45) is 0.184. The van der Waals surface area contributed by atoms with Crippen molar-refractivity contribution in [1.82, 2.24) is 4.98 Å². The number of nitrogens with one attached hydrogen (secondary N) is 2. The Hall–Kier alpha value is -2.21. The molecule has 0 aliphatic carbocycles. The first-order valence-electron chi connectivity index (χ1n) is 6.54. The highest BCUT2D eigenvalue weighted by molar-refractivity contribution is 7.13. The van der Waals surface area contributed by atoms with Gasteiger partial charge in [-0.1, -0.05) is 18.2 Å². The molecule has 6 heteroatoms. The monoisotopic (exact) mass is 303 g/mol. The topological polar surface area (TPSA) is 71.1 Å². The van der Waals surface area contributed by atoms with E-state index in [1.54, 1.807) is 5.38 Å². The van der Waals surface area contributed by atoms with Gasteiger partial charge in [-0.15, -0.1) is 11.3 Å². The Morgan fingerprint density at radius 2 is 1.86 bits per heavy atom. The highest BCUT2D eigenvalue weighted by atomic mass is 32.1. The highest BCUT2D eigenvalue weighted by Gasteiger charge is 2.11. The number of carbonyl (C=O) groups excluding carboxylic acids is 2. The number of thiazole rings is 1. The molecule has 1 aromatic heterocycles. The number of aromatic nitrogens is 1. The minimum Gasteiger partial charge on any atom is -0.325 e. The molecule has 0 fully saturated rings. The molecular weight excluding hydrogens is 286 g/mol. The minimum atomic E-state index is -0.170. The molecule has 0 unspecified atom stereocenters. The molecule has 0 spiro atoms. The first-order valence-corrected chi connectivity index (χ1v) is 7.41. The average molecular weight is 303 g/mol. The number of para-hydroxylation sites is 1. The molecule has 0 saturated heterocycles. The van der Waals surface area contributed by atoms with E-state index in [1.807, 2.05) is 32.0 Å². The largest absolute Gasteiger partial charge is 0.325 e. The van der Waals surface area contributed by atoms with Gasteiger partial charge in [0.25, 0.3) is 0 Å². The van der Waals surface area contributed by atoms with Crippen LogP contribution in [0, 0.1) is 13.8 Å². The fourth-order valence-corrected chi connectivity index (χ4v) is 2.71. The molecule has 21 heavy (non-hydrogen) atoms. The normalized spacial score (nSPS) is 10.2. The predicted octanol–water partition coefficient (Wildman–Crippen LogP) is 2.90. The molecule has 2 rings (SSSR count). The van der Waals surface area contributed by atoms with E-state index in [-0.39, 0.29) is 18.2 Å². The van der Waals surface area contributed by atoms with E-state index in [0.717, 1.165) is 16.8 Å². The van der Waals surface area contributed by atoms with Crippen molar-refractivity contribution < 1.29 is 9.59 Å². The lowest BCUT2D eigenvalue weighted by Gasteiger charge is -2.10. The standard InChI is InChI=1S/C15H17N3O2S/c1-9-5-4-6-10(2)14(9)18-13(20)7-12-8-21-15(17-12)16-11(3)19/h4-6,8H,7H2,1-3H3,(H,18,20)(H,16,17,19). The summed E-state index contributed by atoms with van der Waals surface area (Å²) >= 11 is 1.31. The fourth-order valence-electron chi connectivity index (χ4n) is 1.96. The van der Waals surface area contributed by atoms with Gasteiger partial charge in [0.2, 0.25) is 11.8 Å². The van der Waals surface area contributed by atoms with Crippen LogP contribution in [0.25, 0.3) is 0 Å². The van der Waals surface area contributed by atoms with Gasteiger partial charge in [-0.25, -0.2) is 4.98 Å². The summed E-state index contributed by atoms with van der Waals surface area (Å²) in [5, 5.41) is 7.80. The van der Waals surface area contributed by atoms with Crippen LogP contribution in [0.5, 0.6) is 0 Å². The van der Waals surface area contributed by atoms with Gasteiger partial charge in [0.15, 0.2) is 5.13 Å². The third kappa shape index (κ3) is 4.13. The molecule has 0 bridgehead atoms. The zero-order valence-electron chi connectivity index (χ0n) is 12.2. The number of aryl methyl sites for hydroxylation is 2. The highest BCUT2D eigenvalue weighted by Crippen LogP contribution is 2.20. The lowest BCUT2D eigenvalue weighted by atomic mass is 10.1. The maximum absolute atomic E-state index is 12.1. The quantitative estimate of drug-likeness (QED) is 0.912. The summed E-state index contributed by atoms with van der Waals surface area (Å²) in [4.78, 5) is 27.2. The van der Waals surface area contributed by atoms with Gasteiger partial charge in [0, 0.05) is 18.0 Å². The molecule has 2 N–H and O–H groups in total. The molecule has 0 atom stereocenters. The predicted molar refractivity (Wildman–Crippen MR) is 84.7 cm³/mol. The van der Waals surface area contributed by atoms with E-state index < -0.39 is 0 Å². The third-order valence-corrected chi connectivity index (χ3v) is 3.73. The van der Waals surface area contributed by atoms with Crippen LogP contribution in [0.2, 0.25) is 0 Å². The summed E-state index contributed by atoms with van der Waals surface area (Å²) in [5.41, 5.74) is 3.55. The summed E-state index contributed by atoms with van der Waals surface area (Å²) in [6.45, 7) is 5.34. The molecule has 1 aromatic carbocycles. The lowest BCUT2D eigenvalue weighted by Crippen LogP contribution is -2.16. The zero-order valence-corrected chi connectivity index (χ0v) is 13.0. The number of rotatable bonds is 4. The number of amides is 2. The molecule has 110 valence electrons. The van der Waals surface area contributed by atoms with Gasteiger partial charge >= 0.3 is 0 Å². The minimum absolute atomic E-state index is 0.118. The SMILES string of the molecule is CC(=O)Nc1nc(CC(=O)Nc2c(C)cccc2C)cs1. The number of carbonyl (C=O) groups is 2. The first kappa shape index (κ1) is 15.2. The van der Waals surface area contributed by atoms with Crippen LogP contribution < -0.4 is 10.6 Å². The lowest BCUT2D eigenvalue weighted by molar-refractivity contribution is -0.116. The van der Waals surface area contributed by atoms with Crippen molar-refractivity contribution in [2.24, 2.45) is 0 Å². The second kappa shape index (κ2) is 6.49. The van der Waals surface area contributed by atoms with Crippen LogP contribution >= 0.6 is 11.3 Å². The molecule has 0 saturated carbocycles. The molecule has 2 amide bonds. The van der Waals surface area contributed by atoms with Gasteiger partial charge < -0.3 is 10.6 Å². The number of hydrogen-bond acceptors (Lipinski definition) is 4. The van der Waals surface area contributed by atoms with E-state index in [4.69, 9.17) is 0 Å². The van der Waals surface area contributed by atoms with Gasteiger partial charge in [-0.3, -0.25) is 9.59 Å². The second-order valence-corrected chi connectivity index (χ2v) is 5.68. The maximum Gasteiger partial charge on any atom is 0.230 e. The van der Waals surface area contributed by atoms with Crippen molar-refractivity contribution in [2.75, 3.05) is 10.6 Å². The first-order chi connectivity index (χ1) is 9.95. The van der Waals surface area contributed by atoms with Crippen molar-refractivity contribution in [3.05, 3.63) is 40.4 Å². The van der Waals surface area contributed by atoms with Crippen molar-refractivity contribution in [3.63, 3.8) is 0 Å². The van der Waals surface area contributed by atoms with Crippen LogP contribution in [0.4, 0.5) is 10.8 Å². The van der Waals surface area contributed by atoms with E-state index in [2.05, 4.69) is 15.6 Å². The molecular formula is C15H17N3O2S. The molecule has 0 aliphatic rings. The Bertz CT molecular complexity index is 659. The second-order valence-electron chi connectivity index (χ2n) is 4.82. The summed E-state index contributed by atoms with van der Waals surface area (Å²) in [6, 6.07) is 5.88. The summed E-state index contributed by atoms with van der Waals surface area (Å²) < 4.78 is 0. The number of nitrogens with zero attached hydrogens (tertiary/aromatic N) is 1. The molecule has 2 aromatic rings. The third-order valence-electron chi connectivity index (χ3n) is 2.92. The van der Waals surface area contributed by atoms with Crippen molar-refractivity contribution in [1.29, 1.82) is 0 Å². The van der Waals surface area contributed by atoms with E-state index in [1.165, 1.54) is 18.3 Å². The van der Waals surface area contributed by atoms with Gasteiger partial charge in [-0.2, -0.15) is 0 Å². The van der Waals surface area contributed by atoms with Crippen molar-refractivity contribution in [3.8, 4) is 0 Å². The number of benzene rings is 1. The van der Waals surface area contributed by atoms with Crippen LogP contribution in [0.1, 0.15) is 23.7 Å². The smallest absolute Gasteiger partial charge is 0.230 e. The summed E-state index contributed by atoms with van der Waals surface area (Å²) in [7, 11) is 0. The average Bonchev–Trinajstić information content (AvgIpc) is 2.80. The zero-order chi connectivity index (χ0) is 15.4. The Morgan fingerprint density at radius 3 is 2.48 bits per heavy atom. The van der Waals surface area contributed by atoms with Gasteiger partial charge in [0.05, 0.1) is 12.1 Å². The number of hydrogen-bond donors (Lipinski definition) is 2. The van der Waals surface area contributed by atoms with Crippen LogP contribution in [-0.4, -0.2) is 16.8 Å². The van der Waals surface area contributed by atoms with Gasteiger partial charge in [-0.05, 0) is 25.0 Å². The molecule has 1 heterocycles. The van der Waals surface area contributed by atoms with Crippen LogP contribution in [0.15, 0.2) is 23.6 Å². The fraction of sp³-hybridized carbons (Fsp3) is 0.267. The Morgan fingerprint density at radius 1 is 1.19 bits per heavy atom. The van der Waals surface area contributed by atoms with E-state index >= 15 is 0 Å². The van der Waals surface area contributed by atoms with Crippen molar-refractivity contribution >= 4 is 34.0 Å². The summed E-state index contributed by atoms with van der Waals surface area (Å²) in [5.74, 6) is -0.289. The van der Waals surface area contributed by atoms with Crippen LogP contribution in [-0.2, 0) is 16.0 Å². The van der Waals surface area contributed by atoms with Crippen LogP contribution in [0.3, 0.4) is 0 Å². The van der Waals surface area contributed by atoms with E-state index in [9.17, 15) is 9.59 Å². The van der Waals surface area contributed by atoms with Crippen molar-refractivity contribution in [2.45, 2.75) is 27.2 Å². The Labute approximate surface area is 127 Å². The van der Waals surface area contributed by atoms with Gasteiger partial charge in [0.1, 0.15) is 0 Å². The molecule has 0 radical (unpaired) electrons. The maximum atomic E-state index is 12.1. The van der Waals surface area contributed by atoms with E-state index in [0.29, 0.717) is 10.8 Å². The molecule has 5 nitrogen and oxygen atoms in total. The number of anilines is 2. The Balaban J connectivity index is 2.02. The Kier molecular flexibility index (Phi) is 4.70.